The topological polar surface area (TPSA) is 48.9 Å². The minimum absolute atomic E-state index is 0.259. The molecule has 0 aliphatic carbocycles. The Bertz CT molecular complexity index is 791. The lowest BCUT2D eigenvalue weighted by Crippen LogP contribution is -2.53. The predicted molar refractivity (Wildman–Crippen MR) is 100 cm³/mol. The molecule has 0 saturated carbocycles. The normalized spacial score (nSPS) is 19.5. The van der Waals surface area contributed by atoms with Crippen molar-refractivity contribution >= 4 is 33.5 Å². The van der Waals surface area contributed by atoms with Crippen molar-refractivity contribution in [3.05, 3.63) is 41.0 Å². The molecule has 0 bridgehead atoms. The molecule has 2 N–H and O–H groups in total. The molecular formula is C18H21FN4OS. The summed E-state index contributed by atoms with van der Waals surface area (Å²) < 4.78 is 18.8. The van der Waals surface area contributed by atoms with Crippen molar-refractivity contribution in [1.29, 1.82) is 0 Å². The number of nitrogens with zero attached hydrogens (tertiary/aromatic N) is 2. The lowest BCUT2D eigenvalue weighted by atomic mass is 10.1. The first-order chi connectivity index (χ1) is 12.2. The first kappa shape index (κ1) is 16.5. The molecular weight excluding hydrogens is 339 g/mol. The molecule has 5 nitrogen and oxygen atoms in total. The van der Waals surface area contributed by atoms with Gasteiger partial charge in [0.25, 0.3) is 0 Å². The van der Waals surface area contributed by atoms with Crippen LogP contribution in [-0.2, 0) is 4.74 Å². The van der Waals surface area contributed by atoms with E-state index in [4.69, 9.17) is 9.73 Å². The van der Waals surface area contributed by atoms with E-state index in [2.05, 4.69) is 21.6 Å². The monoisotopic (exact) mass is 360 g/mol. The molecule has 2 aliphatic heterocycles. The van der Waals surface area contributed by atoms with Gasteiger partial charge >= 0.3 is 0 Å². The SMILES string of the molecule is COCCC1CN(C2=Nc3ccc(F)cc3Nc3sccc32)CCN1. The smallest absolute Gasteiger partial charge is 0.139 e. The zero-order valence-corrected chi connectivity index (χ0v) is 14.9. The van der Waals surface area contributed by atoms with Crippen LogP contribution in [0.1, 0.15) is 12.0 Å². The maximum atomic E-state index is 13.6. The van der Waals surface area contributed by atoms with Gasteiger partial charge in [-0.25, -0.2) is 9.38 Å². The summed E-state index contributed by atoms with van der Waals surface area (Å²) in [5.41, 5.74) is 2.56. The number of benzene rings is 1. The van der Waals surface area contributed by atoms with Gasteiger partial charge in [0.1, 0.15) is 16.7 Å². The number of halogens is 1. The lowest BCUT2D eigenvalue weighted by molar-refractivity contribution is 0.168. The molecule has 25 heavy (non-hydrogen) atoms. The molecule has 132 valence electrons. The van der Waals surface area contributed by atoms with Gasteiger partial charge in [-0.2, -0.15) is 0 Å². The fraction of sp³-hybridized carbons (Fsp3) is 0.389. The van der Waals surface area contributed by atoms with Crippen LogP contribution in [0.3, 0.4) is 0 Å². The summed E-state index contributed by atoms with van der Waals surface area (Å²) in [5, 5.41) is 9.94. The Morgan fingerprint density at radius 2 is 2.32 bits per heavy atom. The quantitative estimate of drug-likeness (QED) is 0.882. The van der Waals surface area contributed by atoms with E-state index < -0.39 is 0 Å². The van der Waals surface area contributed by atoms with Crippen LogP contribution in [0.5, 0.6) is 0 Å². The molecule has 0 amide bonds. The third kappa shape index (κ3) is 3.40. The molecule has 1 saturated heterocycles. The van der Waals surface area contributed by atoms with Gasteiger partial charge in [-0.3, -0.25) is 0 Å². The van der Waals surface area contributed by atoms with Gasteiger partial charge in [-0.15, -0.1) is 11.3 Å². The first-order valence-electron chi connectivity index (χ1n) is 8.45. The van der Waals surface area contributed by atoms with Crippen molar-refractivity contribution < 1.29 is 9.13 Å². The molecule has 4 rings (SSSR count). The van der Waals surface area contributed by atoms with Gasteiger partial charge in [0.05, 0.1) is 16.9 Å². The van der Waals surface area contributed by atoms with Crippen molar-refractivity contribution in [3.8, 4) is 0 Å². The number of rotatable bonds is 3. The van der Waals surface area contributed by atoms with Gasteiger partial charge in [0.2, 0.25) is 0 Å². The number of piperazine rings is 1. The van der Waals surface area contributed by atoms with Gasteiger partial charge < -0.3 is 20.3 Å². The molecule has 2 aromatic rings. The van der Waals surface area contributed by atoms with Crippen LogP contribution in [0, 0.1) is 5.82 Å². The number of nitrogens with one attached hydrogen (secondary N) is 2. The maximum absolute atomic E-state index is 13.6. The van der Waals surface area contributed by atoms with E-state index in [-0.39, 0.29) is 5.82 Å². The second kappa shape index (κ2) is 7.11. The predicted octanol–water partition coefficient (Wildman–Crippen LogP) is 3.33. The molecule has 3 heterocycles. The average molecular weight is 360 g/mol. The summed E-state index contributed by atoms with van der Waals surface area (Å²) in [4.78, 5) is 7.22. The van der Waals surface area contributed by atoms with Crippen LogP contribution in [0.25, 0.3) is 0 Å². The Labute approximate surface area is 150 Å². The van der Waals surface area contributed by atoms with Crippen molar-refractivity contribution in [2.45, 2.75) is 12.5 Å². The molecule has 1 aromatic carbocycles. The maximum Gasteiger partial charge on any atom is 0.139 e. The van der Waals surface area contributed by atoms with E-state index in [1.54, 1.807) is 24.5 Å². The van der Waals surface area contributed by atoms with Crippen LogP contribution in [-0.4, -0.2) is 50.1 Å². The minimum atomic E-state index is -0.259. The van der Waals surface area contributed by atoms with Gasteiger partial charge in [0.15, 0.2) is 0 Å². The molecule has 1 atom stereocenters. The Kier molecular flexibility index (Phi) is 4.70. The number of amidine groups is 1. The average Bonchev–Trinajstić information content (AvgIpc) is 3.01. The second-order valence-electron chi connectivity index (χ2n) is 6.26. The van der Waals surface area contributed by atoms with E-state index in [0.717, 1.165) is 54.7 Å². The molecule has 0 spiro atoms. The Morgan fingerprint density at radius 1 is 1.40 bits per heavy atom. The molecule has 0 radical (unpaired) electrons. The van der Waals surface area contributed by atoms with Crippen molar-refractivity contribution in [3.63, 3.8) is 0 Å². The first-order valence-corrected chi connectivity index (χ1v) is 9.33. The minimum Gasteiger partial charge on any atom is -0.385 e. The highest BCUT2D eigenvalue weighted by Gasteiger charge is 2.26. The van der Waals surface area contributed by atoms with Gasteiger partial charge in [-0.05, 0) is 36.1 Å². The van der Waals surface area contributed by atoms with Crippen LogP contribution in [0.2, 0.25) is 0 Å². The standard InChI is InChI=1S/C18H21FN4OS/c1-24-8-4-13-11-23(7-6-20-13)17-14-5-9-25-18(14)22-16-10-12(19)2-3-15(16)21-17/h2-3,5,9-10,13,20,22H,4,6-8,11H2,1H3. The highest BCUT2D eigenvalue weighted by atomic mass is 32.1. The molecule has 2 aliphatic rings. The summed E-state index contributed by atoms with van der Waals surface area (Å²) >= 11 is 1.61. The number of aliphatic imine (C=N–C) groups is 1. The summed E-state index contributed by atoms with van der Waals surface area (Å²) in [5.74, 6) is 0.697. The number of hydrogen-bond acceptors (Lipinski definition) is 6. The summed E-state index contributed by atoms with van der Waals surface area (Å²) in [6.45, 7) is 3.43. The Balaban J connectivity index is 1.68. The van der Waals surface area contributed by atoms with E-state index in [0.29, 0.717) is 11.7 Å². The zero-order chi connectivity index (χ0) is 17.2. The summed E-state index contributed by atoms with van der Waals surface area (Å²) in [6.07, 6.45) is 0.969. The molecule has 1 unspecified atom stereocenters. The molecule has 1 aromatic heterocycles. The molecule has 7 heteroatoms. The number of ether oxygens (including phenoxy) is 1. The third-order valence-corrected chi connectivity index (χ3v) is 5.39. The van der Waals surface area contributed by atoms with Gasteiger partial charge in [0, 0.05) is 39.4 Å². The number of thiophene rings is 1. The number of anilines is 2. The number of hydrogen-bond donors (Lipinski definition) is 2. The highest BCUT2D eigenvalue weighted by Crippen LogP contribution is 2.38. The van der Waals surface area contributed by atoms with E-state index in [1.165, 1.54) is 12.1 Å². The van der Waals surface area contributed by atoms with Crippen molar-refractivity contribution in [2.75, 3.05) is 38.7 Å². The molecule has 1 fully saturated rings. The van der Waals surface area contributed by atoms with Gasteiger partial charge in [-0.1, -0.05) is 0 Å². The Hall–Kier alpha value is -1.96. The largest absolute Gasteiger partial charge is 0.385 e. The van der Waals surface area contributed by atoms with Crippen LogP contribution < -0.4 is 10.6 Å². The van der Waals surface area contributed by atoms with E-state index in [9.17, 15) is 4.39 Å². The van der Waals surface area contributed by atoms with Crippen molar-refractivity contribution in [1.82, 2.24) is 10.2 Å². The van der Waals surface area contributed by atoms with E-state index >= 15 is 0 Å². The van der Waals surface area contributed by atoms with Crippen LogP contribution >= 0.6 is 11.3 Å². The second-order valence-corrected chi connectivity index (χ2v) is 7.18. The van der Waals surface area contributed by atoms with Crippen LogP contribution in [0.4, 0.5) is 20.8 Å². The fourth-order valence-corrected chi connectivity index (χ4v) is 4.09. The summed E-state index contributed by atoms with van der Waals surface area (Å²) in [7, 11) is 1.73. The summed E-state index contributed by atoms with van der Waals surface area (Å²) in [6, 6.07) is 7.16. The fourth-order valence-electron chi connectivity index (χ4n) is 3.30. The van der Waals surface area contributed by atoms with E-state index in [1.807, 2.05) is 5.38 Å². The number of fused-ring (bicyclic) bond motifs is 2. The lowest BCUT2D eigenvalue weighted by Gasteiger charge is -2.35. The number of methoxy groups -OCH3 is 1. The zero-order valence-electron chi connectivity index (χ0n) is 14.1. The third-order valence-electron chi connectivity index (χ3n) is 4.56. The van der Waals surface area contributed by atoms with Crippen molar-refractivity contribution in [2.24, 2.45) is 4.99 Å². The Morgan fingerprint density at radius 3 is 3.20 bits per heavy atom. The highest BCUT2D eigenvalue weighted by molar-refractivity contribution is 7.14. The van der Waals surface area contributed by atoms with Crippen LogP contribution in [0.15, 0.2) is 34.6 Å².